The summed E-state index contributed by atoms with van der Waals surface area (Å²) in [5, 5.41) is 4.36. The zero-order valence-electron chi connectivity index (χ0n) is 12.4. The number of benzene rings is 1. The number of hydrogen-bond acceptors (Lipinski definition) is 4. The summed E-state index contributed by atoms with van der Waals surface area (Å²) in [5.41, 5.74) is 5.82. The van der Waals surface area contributed by atoms with E-state index in [2.05, 4.69) is 41.4 Å². The van der Waals surface area contributed by atoms with Gasteiger partial charge in [0.15, 0.2) is 0 Å². The molecule has 0 fully saturated rings. The van der Waals surface area contributed by atoms with Crippen LogP contribution in [-0.4, -0.2) is 35.0 Å². The highest BCUT2D eigenvalue weighted by Crippen LogP contribution is 2.27. The third-order valence-corrected chi connectivity index (χ3v) is 2.96. The molecule has 2 aromatic rings. The van der Waals surface area contributed by atoms with E-state index in [0.29, 0.717) is 6.04 Å². The van der Waals surface area contributed by atoms with E-state index >= 15 is 0 Å². The van der Waals surface area contributed by atoms with Gasteiger partial charge in [-0.3, -0.25) is 0 Å². The number of nitrogens with one attached hydrogen (secondary N) is 1. The Hall–Kier alpha value is -2.32. The lowest BCUT2D eigenvalue weighted by Gasteiger charge is -2.17. The molecule has 0 radical (unpaired) electrons. The average Bonchev–Trinajstić information content (AvgIpc) is 2.39. The van der Waals surface area contributed by atoms with Crippen LogP contribution >= 0.6 is 0 Å². The van der Waals surface area contributed by atoms with Crippen LogP contribution in [0.4, 0.5) is 5.82 Å². The van der Waals surface area contributed by atoms with Gasteiger partial charge in [0.25, 0.3) is 0 Å². The van der Waals surface area contributed by atoms with Crippen molar-refractivity contribution < 1.29 is 0 Å². The SMILES string of the molecule is C=C=C(c1cccc2c(NC(C)C)ncnc12)N(C)C. The Bertz CT molecular complexity index is 667. The van der Waals surface area contributed by atoms with E-state index in [1.165, 1.54) is 0 Å². The van der Waals surface area contributed by atoms with Gasteiger partial charge in [0, 0.05) is 31.1 Å². The number of rotatable bonds is 4. The number of para-hydroxylation sites is 1. The van der Waals surface area contributed by atoms with Gasteiger partial charge >= 0.3 is 0 Å². The maximum Gasteiger partial charge on any atom is 0.137 e. The zero-order valence-corrected chi connectivity index (χ0v) is 12.4. The van der Waals surface area contributed by atoms with Crippen LogP contribution in [0.1, 0.15) is 19.4 Å². The van der Waals surface area contributed by atoms with E-state index in [4.69, 9.17) is 0 Å². The van der Waals surface area contributed by atoms with Crippen molar-refractivity contribution in [3.05, 3.63) is 42.4 Å². The van der Waals surface area contributed by atoms with Crippen molar-refractivity contribution in [2.45, 2.75) is 19.9 Å². The van der Waals surface area contributed by atoms with Gasteiger partial charge in [0.05, 0.1) is 11.2 Å². The lowest BCUT2D eigenvalue weighted by atomic mass is 10.1. The molecule has 0 saturated carbocycles. The number of fused-ring (bicyclic) bond motifs is 1. The molecule has 1 heterocycles. The Morgan fingerprint density at radius 1 is 1.30 bits per heavy atom. The van der Waals surface area contributed by atoms with Gasteiger partial charge in [-0.05, 0) is 19.9 Å². The number of aromatic nitrogens is 2. The van der Waals surface area contributed by atoms with Gasteiger partial charge < -0.3 is 10.2 Å². The van der Waals surface area contributed by atoms with Crippen LogP contribution in [0.15, 0.2) is 36.8 Å². The van der Waals surface area contributed by atoms with Crippen molar-refractivity contribution in [3.63, 3.8) is 0 Å². The van der Waals surface area contributed by atoms with Crippen LogP contribution in [0.3, 0.4) is 0 Å². The molecule has 0 saturated heterocycles. The first kappa shape index (κ1) is 14.1. The largest absolute Gasteiger partial charge is 0.371 e. The highest BCUT2D eigenvalue weighted by Gasteiger charge is 2.12. The maximum absolute atomic E-state index is 4.43. The van der Waals surface area contributed by atoms with Gasteiger partial charge in [0.2, 0.25) is 0 Å². The summed E-state index contributed by atoms with van der Waals surface area (Å²) in [6.45, 7) is 7.95. The first-order valence-corrected chi connectivity index (χ1v) is 6.62. The van der Waals surface area contributed by atoms with E-state index in [-0.39, 0.29) is 0 Å². The topological polar surface area (TPSA) is 41.1 Å². The highest BCUT2D eigenvalue weighted by molar-refractivity contribution is 5.96. The smallest absolute Gasteiger partial charge is 0.137 e. The fourth-order valence-electron chi connectivity index (χ4n) is 2.16. The second-order valence-electron chi connectivity index (χ2n) is 5.14. The summed E-state index contributed by atoms with van der Waals surface area (Å²) < 4.78 is 0. The maximum atomic E-state index is 4.43. The minimum absolute atomic E-state index is 0.319. The molecule has 104 valence electrons. The molecule has 0 atom stereocenters. The number of hydrogen-bond donors (Lipinski definition) is 1. The molecule has 4 heteroatoms. The fourth-order valence-corrected chi connectivity index (χ4v) is 2.16. The highest BCUT2D eigenvalue weighted by atomic mass is 15.1. The molecule has 4 nitrogen and oxygen atoms in total. The van der Waals surface area contributed by atoms with E-state index in [0.717, 1.165) is 28.0 Å². The third-order valence-electron chi connectivity index (χ3n) is 2.96. The summed E-state index contributed by atoms with van der Waals surface area (Å²) in [7, 11) is 3.95. The van der Waals surface area contributed by atoms with E-state index < -0.39 is 0 Å². The molecule has 0 aliphatic carbocycles. The summed E-state index contributed by atoms with van der Waals surface area (Å²) in [5.74, 6) is 0.856. The predicted molar refractivity (Wildman–Crippen MR) is 84.5 cm³/mol. The van der Waals surface area contributed by atoms with Crippen molar-refractivity contribution >= 4 is 22.4 Å². The molecule has 1 N–H and O–H groups in total. The monoisotopic (exact) mass is 268 g/mol. The molecule has 0 aliphatic heterocycles. The molecular formula is C16H20N4. The van der Waals surface area contributed by atoms with Crippen LogP contribution < -0.4 is 5.32 Å². The van der Waals surface area contributed by atoms with Crippen molar-refractivity contribution in [3.8, 4) is 0 Å². The Morgan fingerprint density at radius 2 is 2.05 bits per heavy atom. The molecule has 20 heavy (non-hydrogen) atoms. The Balaban J connectivity index is 2.68. The molecule has 0 unspecified atom stereocenters. The second-order valence-corrected chi connectivity index (χ2v) is 5.14. The predicted octanol–water partition coefficient (Wildman–Crippen LogP) is 3.14. The zero-order chi connectivity index (χ0) is 14.7. The van der Waals surface area contributed by atoms with Gasteiger partial charge in [0.1, 0.15) is 12.1 Å². The average molecular weight is 268 g/mol. The van der Waals surface area contributed by atoms with Crippen molar-refractivity contribution in [2.24, 2.45) is 0 Å². The summed E-state index contributed by atoms with van der Waals surface area (Å²) in [6, 6.07) is 6.38. The standard InChI is InChI=1S/C16H20N4/c1-6-14(20(4)5)12-8-7-9-13-15(12)17-10-18-16(13)19-11(2)3/h7-11H,1H2,2-5H3,(H,17,18,19). The summed E-state index contributed by atoms with van der Waals surface area (Å²) >= 11 is 0. The summed E-state index contributed by atoms with van der Waals surface area (Å²) in [4.78, 5) is 10.8. The molecule has 0 bridgehead atoms. The lowest BCUT2D eigenvalue weighted by Crippen LogP contribution is -2.13. The molecule has 1 aromatic heterocycles. The van der Waals surface area contributed by atoms with Crippen LogP contribution in [0.25, 0.3) is 16.6 Å². The lowest BCUT2D eigenvalue weighted by molar-refractivity contribution is 0.593. The first-order chi connectivity index (χ1) is 9.54. The molecule has 0 spiro atoms. The normalized spacial score (nSPS) is 10.4. The number of nitrogens with zero attached hydrogens (tertiary/aromatic N) is 3. The van der Waals surface area contributed by atoms with Crippen molar-refractivity contribution in [2.75, 3.05) is 19.4 Å². The van der Waals surface area contributed by atoms with Crippen LogP contribution in [0.2, 0.25) is 0 Å². The molecule has 0 amide bonds. The van der Waals surface area contributed by atoms with E-state index in [1.54, 1.807) is 6.33 Å². The Labute approximate surface area is 119 Å². The van der Waals surface area contributed by atoms with Gasteiger partial charge in [-0.15, -0.1) is 5.73 Å². The molecule has 2 rings (SSSR count). The second kappa shape index (κ2) is 5.76. The van der Waals surface area contributed by atoms with Crippen LogP contribution in [0.5, 0.6) is 0 Å². The molecular weight excluding hydrogens is 248 g/mol. The minimum Gasteiger partial charge on any atom is -0.371 e. The summed E-state index contributed by atoms with van der Waals surface area (Å²) in [6.07, 6.45) is 1.59. The minimum atomic E-state index is 0.319. The Morgan fingerprint density at radius 3 is 2.65 bits per heavy atom. The number of anilines is 1. The van der Waals surface area contributed by atoms with Crippen LogP contribution in [0, 0.1) is 0 Å². The van der Waals surface area contributed by atoms with E-state index in [1.807, 2.05) is 37.2 Å². The van der Waals surface area contributed by atoms with E-state index in [9.17, 15) is 0 Å². The third kappa shape index (κ3) is 2.65. The fraction of sp³-hybridized carbons (Fsp3) is 0.312. The van der Waals surface area contributed by atoms with Crippen molar-refractivity contribution in [1.82, 2.24) is 14.9 Å². The van der Waals surface area contributed by atoms with Gasteiger partial charge in [-0.25, -0.2) is 9.97 Å². The van der Waals surface area contributed by atoms with Gasteiger partial charge in [-0.1, -0.05) is 18.7 Å². The quantitative estimate of drug-likeness (QED) is 0.865. The molecule has 1 aromatic carbocycles. The van der Waals surface area contributed by atoms with Gasteiger partial charge in [-0.2, -0.15) is 0 Å². The van der Waals surface area contributed by atoms with Crippen LogP contribution in [-0.2, 0) is 0 Å². The van der Waals surface area contributed by atoms with Crippen molar-refractivity contribution in [1.29, 1.82) is 0 Å². The molecule has 0 aliphatic rings. The Kier molecular flexibility index (Phi) is 4.06. The first-order valence-electron chi connectivity index (χ1n) is 6.62.